The van der Waals surface area contributed by atoms with Crippen LogP contribution in [-0.4, -0.2) is 38.7 Å². The highest BCUT2D eigenvalue weighted by Crippen LogP contribution is 2.14. The van der Waals surface area contributed by atoms with Crippen molar-refractivity contribution in [3.63, 3.8) is 0 Å². The third-order valence-corrected chi connectivity index (χ3v) is 3.40. The Balaban J connectivity index is 2.32. The summed E-state index contributed by atoms with van der Waals surface area (Å²) in [5, 5.41) is 18.1. The van der Waals surface area contributed by atoms with Gasteiger partial charge in [0.25, 0.3) is 5.91 Å². The third kappa shape index (κ3) is 6.37. The van der Waals surface area contributed by atoms with Crippen molar-refractivity contribution < 1.29 is 14.7 Å². The molecule has 0 aliphatic heterocycles. The van der Waals surface area contributed by atoms with E-state index in [4.69, 9.17) is 5.11 Å². The first-order chi connectivity index (χ1) is 10.1. The SMILES string of the molecule is CCCc1nc(C(=O)NCCC(CC)CCC(=O)O)n[nH]1. The van der Waals surface area contributed by atoms with Crippen LogP contribution in [0.1, 0.15) is 62.4 Å². The van der Waals surface area contributed by atoms with Crippen LogP contribution in [0.4, 0.5) is 0 Å². The maximum absolute atomic E-state index is 11.8. The van der Waals surface area contributed by atoms with Gasteiger partial charge >= 0.3 is 5.97 Å². The van der Waals surface area contributed by atoms with Gasteiger partial charge in [-0.15, -0.1) is 5.10 Å². The molecule has 1 aromatic rings. The first-order valence-corrected chi connectivity index (χ1v) is 7.48. The Morgan fingerprint density at radius 2 is 2.10 bits per heavy atom. The zero-order valence-corrected chi connectivity index (χ0v) is 12.7. The van der Waals surface area contributed by atoms with Crippen LogP contribution >= 0.6 is 0 Å². The second kappa shape index (κ2) is 9.10. The molecule has 0 fully saturated rings. The predicted molar refractivity (Wildman–Crippen MR) is 78.0 cm³/mol. The molecular formula is C14H24N4O3. The van der Waals surface area contributed by atoms with Gasteiger partial charge in [-0.2, -0.15) is 0 Å². The van der Waals surface area contributed by atoms with E-state index < -0.39 is 5.97 Å². The quantitative estimate of drug-likeness (QED) is 0.610. The minimum absolute atomic E-state index is 0.164. The fourth-order valence-corrected chi connectivity index (χ4v) is 2.09. The predicted octanol–water partition coefficient (Wildman–Crippen LogP) is 1.77. The van der Waals surface area contributed by atoms with Crippen molar-refractivity contribution in [2.45, 2.75) is 52.4 Å². The van der Waals surface area contributed by atoms with Crippen LogP contribution in [-0.2, 0) is 11.2 Å². The average molecular weight is 296 g/mol. The van der Waals surface area contributed by atoms with Gasteiger partial charge in [-0.25, -0.2) is 4.98 Å². The molecule has 7 heteroatoms. The molecule has 118 valence electrons. The van der Waals surface area contributed by atoms with Crippen molar-refractivity contribution in [3.8, 4) is 0 Å². The molecule has 0 saturated carbocycles. The number of aromatic amines is 1. The minimum atomic E-state index is -0.776. The summed E-state index contributed by atoms with van der Waals surface area (Å²) < 4.78 is 0. The first-order valence-electron chi connectivity index (χ1n) is 7.48. The van der Waals surface area contributed by atoms with Crippen LogP contribution in [0.15, 0.2) is 0 Å². The summed E-state index contributed by atoms with van der Waals surface area (Å²) in [6.45, 7) is 4.57. The maximum atomic E-state index is 11.8. The summed E-state index contributed by atoms with van der Waals surface area (Å²) in [5.74, 6) is 0.125. The Hall–Kier alpha value is -1.92. The van der Waals surface area contributed by atoms with Crippen molar-refractivity contribution in [1.29, 1.82) is 0 Å². The number of carbonyl (C=O) groups excluding carboxylic acids is 1. The number of carboxylic acid groups (broad SMARTS) is 1. The maximum Gasteiger partial charge on any atom is 0.303 e. The molecule has 0 aromatic carbocycles. The van der Waals surface area contributed by atoms with E-state index >= 15 is 0 Å². The highest BCUT2D eigenvalue weighted by molar-refractivity contribution is 5.90. The Labute approximate surface area is 124 Å². The number of rotatable bonds is 10. The fraction of sp³-hybridized carbons (Fsp3) is 0.714. The zero-order chi connectivity index (χ0) is 15.7. The molecule has 1 amide bonds. The molecule has 1 atom stereocenters. The number of hydrogen-bond acceptors (Lipinski definition) is 4. The van der Waals surface area contributed by atoms with Gasteiger partial charge in [-0.1, -0.05) is 20.3 Å². The summed E-state index contributed by atoms with van der Waals surface area (Å²) in [6.07, 6.45) is 4.20. The number of aromatic nitrogens is 3. The Morgan fingerprint density at radius 3 is 2.71 bits per heavy atom. The lowest BCUT2D eigenvalue weighted by molar-refractivity contribution is -0.137. The van der Waals surface area contributed by atoms with Crippen LogP contribution in [0.2, 0.25) is 0 Å². The van der Waals surface area contributed by atoms with Crippen LogP contribution in [0.3, 0.4) is 0 Å². The number of hydrogen-bond donors (Lipinski definition) is 3. The molecule has 21 heavy (non-hydrogen) atoms. The molecule has 0 aliphatic rings. The summed E-state index contributed by atoms with van der Waals surface area (Å²) in [5.41, 5.74) is 0. The Bertz CT molecular complexity index is 459. The number of carbonyl (C=O) groups is 2. The molecule has 0 saturated heterocycles. The van der Waals surface area contributed by atoms with Crippen LogP contribution in [0.25, 0.3) is 0 Å². The molecule has 7 nitrogen and oxygen atoms in total. The van der Waals surface area contributed by atoms with Crippen LogP contribution < -0.4 is 5.32 Å². The highest BCUT2D eigenvalue weighted by atomic mass is 16.4. The summed E-state index contributed by atoms with van der Waals surface area (Å²) in [4.78, 5) is 26.5. The Kier molecular flexibility index (Phi) is 7.42. The number of nitrogens with one attached hydrogen (secondary N) is 2. The number of amides is 1. The van der Waals surface area contributed by atoms with E-state index in [9.17, 15) is 9.59 Å². The van der Waals surface area contributed by atoms with E-state index in [-0.39, 0.29) is 18.2 Å². The topological polar surface area (TPSA) is 108 Å². The lowest BCUT2D eigenvalue weighted by Crippen LogP contribution is -2.27. The standard InChI is InChI=1S/C14H24N4O3/c1-3-5-11-16-13(18-17-11)14(21)15-9-8-10(4-2)6-7-12(19)20/h10H,3-9H2,1-2H3,(H,15,21)(H,19,20)(H,16,17,18). The van der Waals surface area contributed by atoms with E-state index in [0.29, 0.717) is 18.9 Å². The summed E-state index contributed by atoms with van der Waals surface area (Å²) in [6, 6.07) is 0. The van der Waals surface area contributed by atoms with Gasteiger partial charge in [0.15, 0.2) is 0 Å². The molecule has 0 spiro atoms. The van der Waals surface area contributed by atoms with E-state index in [1.807, 2.05) is 13.8 Å². The lowest BCUT2D eigenvalue weighted by atomic mass is 9.97. The van der Waals surface area contributed by atoms with Crippen molar-refractivity contribution in [3.05, 3.63) is 11.6 Å². The lowest BCUT2D eigenvalue weighted by Gasteiger charge is -2.13. The number of aryl methyl sites for hydroxylation is 1. The number of nitrogens with zero attached hydrogens (tertiary/aromatic N) is 2. The molecule has 0 bridgehead atoms. The fourth-order valence-electron chi connectivity index (χ4n) is 2.09. The molecule has 1 rings (SSSR count). The summed E-state index contributed by atoms with van der Waals surface area (Å²) >= 11 is 0. The molecule has 1 aromatic heterocycles. The van der Waals surface area contributed by atoms with Gasteiger partial charge in [0.1, 0.15) is 5.82 Å². The van der Waals surface area contributed by atoms with Gasteiger partial charge < -0.3 is 10.4 Å². The monoisotopic (exact) mass is 296 g/mol. The van der Waals surface area contributed by atoms with Crippen molar-refractivity contribution >= 4 is 11.9 Å². The van der Waals surface area contributed by atoms with Gasteiger partial charge in [0, 0.05) is 19.4 Å². The van der Waals surface area contributed by atoms with Crippen molar-refractivity contribution in [2.24, 2.45) is 5.92 Å². The molecule has 1 heterocycles. The second-order valence-corrected chi connectivity index (χ2v) is 5.11. The van der Waals surface area contributed by atoms with Crippen molar-refractivity contribution in [2.75, 3.05) is 6.54 Å². The minimum Gasteiger partial charge on any atom is -0.481 e. The van der Waals surface area contributed by atoms with Crippen LogP contribution in [0.5, 0.6) is 0 Å². The Morgan fingerprint density at radius 1 is 1.33 bits per heavy atom. The second-order valence-electron chi connectivity index (χ2n) is 5.11. The zero-order valence-electron chi connectivity index (χ0n) is 12.7. The smallest absolute Gasteiger partial charge is 0.303 e. The normalized spacial score (nSPS) is 12.1. The van der Waals surface area contributed by atoms with E-state index in [2.05, 4.69) is 20.5 Å². The van der Waals surface area contributed by atoms with E-state index in [1.165, 1.54) is 0 Å². The highest BCUT2D eigenvalue weighted by Gasteiger charge is 2.13. The van der Waals surface area contributed by atoms with Gasteiger partial charge in [0.05, 0.1) is 0 Å². The largest absolute Gasteiger partial charge is 0.481 e. The molecular weight excluding hydrogens is 272 g/mol. The molecule has 0 aliphatic carbocycles. The van der Waals surface area contributed by atoms with E-state index in [0.717, 1.165) is 31.5 Å². The van der Waals surface area contributed by atoms with Crippen molar-refractivity contribution in [1.82, 2.24) is 20.5 Å². The van der Waals surface area contributed by atoms with E-state index in [1.54, 1.807) is 0 Å². The first kappa shape index (κ1) is 17.1. The number of H-pyrrole nitrogens is 1. The van der Waals surface area contributed by atoms with Crippen LogP contribution in [0, 0.1) is 5.92 Å². The van der Waals surface area contributed by atoms with Gasteiger partial charge in [-0.3, -0.25) is 14.7 Å². The van der Waals surface area contributed by atoms with Gasteiger partial charge in [0.2, 0.25) is 5.82 Å². The molecule has 1 unspecified atom stereocenters. The third-order valence-electron chi connectivity index (χ3n) is 3.40. The number of carboxylic acids is 1. The van der Waals surface area contributed by atoms with Gasteiger partial charge in [-0.05, 0) is 25.2 Å². The number of aliphatic carboxylic acids is 1. The average Bonchev–Trinajstić information content (AvgIpc) is 2.91. The summed E-state index contributed by atoms with van der Waals surface area (Å²) in [7, 11) is 0. The molecule has 3 N–H and O–H groups in total. The molecule has 0 radical (unpaired) electrons.